The maximum absolute atomic E-state index is 5.27. The predicted molar refractivity (Wildman–Crippen MR) is 62.0 cm³/mol. The number of nitrogens with one attached hydrogen (secondary N) is 1. The van der Waals surface area contributed by atoms with Crippen LogP contribution < -0.4 is 17.0 Å². The summed E-state index contributed by atoms with van der Waals surface area (Å²) < 4.78 is 0. The fourth-order valence-electron chi connectivity index (χ4n) is 0.884. The first kappa shape index (κ1) is 12.0. The third kappa shape index (κ3) is 4.45. The molecule has 2 aromatic rings. The van der Waals surface area contributed by atoms with E-state index in [1.165, 1.54) is 6.33 Å². The first-order chi connectivity index (χ1) is 7.86. The van der Waals surface area contributed by atoms with Crippen LogP contribution in [0.1, 0.15) is 5.56 Å². The lowest BCUT2D eigenvalue weighted by Crippen LogP contribution is -2.07. The third-order valence-electron chi connectivity index (χ3n) is 1.66. The maximum atomic E-state index is 5.27. The van der Waals surface area contributed by atoms with Gasteiger partial charge in [-0.1, -0.05) is 6.07 Å². The first-order valence-electron chi connectivity index (χ1n) is 4.68. The summed E-state index contributed by atoms with van der Waals surface area (Å²) in [5.74, 6) is 5.72. The van der Waals surface area contributed by atoms with Crippen LogP contribution in [0.4, 0.5) is 5.82 Å². The van der Waals surface area contributed by atoms with Crippen molar-refractivity contribution < 1.29 is 0 Å². The predicted octanol–water partition coefficient (Wildman–Crippen LogP) is 0.302. The van der Waals surface area contributed by atoms with Crippen molar-refractivity contribution in [3.63, 3.8) is 0 Å². The van der Waals surface area contributed by atoms with Crippen LogP contribution in [0.3, 0.4) is 0 Å². The molecule has 2 aromatic heterocycles. The minimum Gasteiger partial charge on any atom is -0.326 e. The molecule has 0 aromatic carbocycles. The van der Waals surface area contributed by atoms with Crippen LogP contribution in [0.15, 0.2) is 43.1 Å². The van der Waals surface area contributed by atoms with Gasteiger partial charge < -0.3 is 11.2 Å². The van der Waals surface area contributed by atoms with E-state index in [9.17, 15) is 0 Å². The highest BCUT2D eigenvalue weighted by Gasteiger charge is 1.82. The minimum absolute atomic E-state index is 0.515. The van der Waals surface area contributed by atoms with E-state index in [0.717, 1.165) is 5.56 Å². The molecule has 0 atom stereocenters. The zero-order valence-electron chi connectivity index (χ0n) is 8.74. The second-order valence-corrected chi connectivity index (χ2v) is 2.81. The van der Waals surface area contributed by atoms with Crippen molar-refractivity contribution in [2.45, 2.75) is 6.54 Å². The molecular weight excluding hydrogens is 204 g/mol. The molecule has 0 unspecified atom stereocenters. The molecule has 2 heterocycles. The lowest BCUT2D eigenvalue weighted by atomic mass is 10.4. The minimum atomic E-state index is 0.515. The highest BCUT2D eigenvalue weighted by atomic mass is 15.2. The number of hydrogen-bond donors (Lipinski definition) is 3. The van der Waals surface area contributed by atoms with E-state index in [2.05, 4.69) is 20.4 Å². The van der Waals surface area contributed by atoms with Gasteiger partial charge in [0.2, 0.25) is 0 Å². The Morgan fingerprint density at radius 3 is 2.31 bits per heavy atom. The number of anilines is 1. The van der Waals surface area contributed by atoms with Gasteiger partial charge in [-0.25, -0.2) is 20.8 Å². The van der Waals surface area contributed by atoms with Crippen LogP contribution in [-0.4, -0.2) is 15.0 Å². The van der Waals surface area contributed by atoms with Crippen LogP contribution >= 0.6 is 0 Å². The summed E-state index contributed by atoms with van der Waals surface area (Å²) in [5.41, 5.74) is 8.65. The largest absolute Gasteiger partial charge is 0.326 e. The molecule has 0 bridgehead atoms. The van der Waals surface area contributed by atoms with E-state index in [-0.39, 0.29) is 0 Å². The van der Waals surface area contributed by atoms with Crippen molar-refractivity contribution in [2.24, 2.45) is 11.6 Å². The fourth-order valence-corrected chi connectivity index (χ4v) is 0.884. The Hall–Kier alpha value is -2.05. The van der Waals surface area contributed by atoms with Gasteiger partial charge in [-0.05, 0) is 12.1 Å². The van der Waals surface area contributed by atoms with Crippen LogP contribution in [0.5, 0.6) is 0 Å². The van der Waals surface area contributed by atoms with Gasteiger partial charge >= 0.3 is 0 Å². The molecule has 0 fully saturated rings. The number of hydrogen-bond acceptors (Lipinski definition) is 6. The zero-order valence-corrected chi connectivity index (χ0v) is 8.74. The van der Waals surface area contributed by atoms with Crippen molar-refractivity contribution in [1.82, 2.24) is 15.0 Å². The summed E-state index contributed by atoms with van der Waals surface area (Å²) in [6, 6.07) is 5.49. The molecular formula is C10H14N6. The molecule has 2 rings (SSSR count). The standard InChI is InChI=1S/2C5H7N3/c6-1-5-2-7-4-8-3-5;6-8-5-3-1-2-4-7-5/h2-4H,1,6H2;1-4H,6H2,(H,7,8). The van der Waals surface area contributed by atoms with Crippen LogP contribution in [-0.2, 0) is 6.54 Å². The second kappa shape index (κ2) is 7.27. The molecule has 6 heteroatoms. The van der Waals surface area contributed by atoms with Gasteiger partial charge in [-0.3, -0.25) is 0 Å². The molecule has 5 N–H and O–H groups in total. The van der Waals surface area contributed by atoms with E-state index in [0.29, 0.717) is 12.4 Å². The van der Waals surface area contributed by atoms with Gasteiger partial charge in [-0.2, -0.15) is 0 Å². The normalized spacial score (nSPS) is 8.88. The van der Waals surface area contributed by atoms with E-state index in [1.807, 2.05) is 12.1 Å². The molecule has 0 aliphatic rings. The van der Waals surface area contributed by atoms with Crippen molar-refractivity contribution >= 4 is 5.82 Å². The third-order valence-corrected chi connectivity index (χ3v) is 1.66. The number of pyridine rings is 1. The van der Waals surface area contributed by atoms with Crippen molar-refractivity contribution in [1.29, 1.82) is 0 Å². The molecule has 0 radical (unpaired) electrons. The Labute approximate surface area is 93.7 Å². The van der Waals surface area contributed by atoms with Gasteiger partial charge in [0.05, 0.1) is 0 Å². The lowest BCUT2D eigenvalue weighted by molar-refractivity contribution is 1.01. The molecule has 0 amide bonds. The molecule has 0 spiro atoms. The fraction of sp³-hybridized carbons (Fsp3) is 0.100. The smallest absolute Gasteiger partial charge is 0.139 e. The van der Waals surface area contributed by atoms with E-state index < -0.39 is 0 Å². The molecule has 0 aliphatic carbocycles. The van der Waals surface area contributed by atoms with Crippen molar-refractivity contribution in [3.05, 3.63) is 48.7 Å². The molecule has 84 valence electrons. The van der Waals surface area contributed by atoms with E-state index >= 15 is 0 Å². The molecule has 0 aliphatic heterocycles. The Balaban J connectivity index is 0.000000160. The van der Waals surface area contributed by atoms with Gasteiger partial charge in [0.1, 0.15) is 12.1 Å². The van der Waals surface area contributed by atoms with Gasteiger partial charge in [-0.15, -0.1) is 0 Å². The Kier molecular flexibility index (Phi) is 5.46. The van der Waals surface area contributed by atoms with E-state index in [4.69, 9.17) is 11.6 Å². The summed E-state index contributed by atoms with van der Waals surface area (Å²) in [6.45, 7) is 0.515. The Morgan fingerprint density at radius 1 is 1.19 bits per heavy atom. The van der Waals surface area contributed by atoms with Gasteiger partial charge in [0.25, 0.3) is 0 Å². The van der Waals surface area contributed by atoms with Gasteiger partial charge in [0, 0.05) is 30.7 Å². The Morgan fingerprint density at radius 2 is 1.94 bits per heavy atom. The van der Waals surface area contributed by atoms with Gasteiger partial charge in [0.15, 0.2) is 0 Å². The van der Waals surface area contributed by atoms with Crippen molar-refractivity contribution in [3.8, 4) is 0 Å². The zero-order chi connectivity index (χ0) is 11.6. The Bertz CT molecular complexity index is 338. The summed E-state index contributed by atoms with van der Waals surface area (Å²) in [4.78, 5) is 11.4. The molecule has 16 heavy (non-hydrogen) atoms. The monoisotopic (exact) mass is 218 g/mol. The summed E-state index contributed by atoms with van der Waals surface area (Å²) in [7, 11) is 0. The molecule has 0 saturated heterocycles. The average molecular weight is 218 g/mol. The lowest BCUT2D eigenvalue weighted by Gasteiger charge is -1.92. The molecule has 0 saturated carbocycles. The average Bonchev–Trinajstić information content (AvgIpc) is 2.41. The first-order valence-corrected chi connectivity index (χ1v) is 4.68. The number of aromatic nitrogens is 3. The molecule has 6 nitrogen and oxygen atoms in total. The second-order valence-electron chi connectivity index (χ2n) is 2.81. The van der Waals surface area contributed by atoms with E-state index in [1.54, 1.807) is 24.7 Å². The van der Waals surface area contributed by atoms with Crippen molar-refractivity contribution in [2.75, 3.05) is 5.43 Å². The quantitative estimate of drug-likeness (QED) is 0.495. The summed E-state index contributed by atoms with van der Waals surface area (Å²) >= 11 is 0. The topological polar surface area (TPSA) is 103 Å². The number of rotatable bonds is 2. The van der Waals surface area contributed by atoms with Crippen LogP contribution in [0, 0.1) is 0 Å². The highest BCUT2D eigenvalue weighted by Crippen LogP contribution is 1.94. The number of nitrogen functional groups attached to an aromatic ring is 1. The number of hydrazine groups is 1. The highest BCUT2D eigenvalue weighted by molar-refractivity contribution is 5.30. The van der Waals surface area contributed by atoms with Crippen LogP contribution in [0.2, 0.25) is 0 Å². The SMILES string of the molecule is NCc1cncnc1.NNc1ccccn1. The number of nitrogens with two attached hydrogens (primary N) is 2. The number of nitrogens with zero attached hydrogens (tertiary/aromatic N) is 3. The van der Waals surface area contributed by atoms with Crippen LogP contribution in [0.25, 0.3) is 0 Å². The summed E-state index contributed by atoms with van der Waals surface area (Å²) in [6.07, 6.45) is 6.56. The summed E-state index contributed by atoms with van der Waals surface area (Å²) in [5, 5.41) is 0. The maximum Gasteiger partial charge on any atom is 0.139 e.